The van der Waals surface area contributed by atoms with Crippen molar-refractivity contribution >= 4 is 38.6 Å². The van der Waals surface area contributed by atoms with Crippen LogP contribution in [0.4, 0.5) is 0 Å². The van der Waals surface area contributed by atoms with E-state index in [0.717, 1.165) is 5.52 Å². The second-order valence-corrected chi connectivity index (χ2v) is 9.53. The molecule has 3 aromatic rings. The Morgan fingerprint density at radius 2 is 1.57 bits per heavy atom. The normalized spacial score (nSPS) is 15.6. The molecule has 4 rings (SSSR count). The van der Waals surface area contributed by atoms with Crippen molar-refractivity contribution in [3.63, 3.8) is 0 Å². The predicted molar refractivity (Wildman–Crippen MR) is 114 cm³/mol. The minimum absolute atomic E-state index is 0.0792. The Hall–Kier alpha value is -2.62. The van der Waals surface area contributed by atoms with Gasteiger partial charge in [-0.05, 0) is 36.4 Å². The van der Waals surface area contributed by atoms with E-state index in [2.05, 4.69) is 0 Å². The van der Waals surface area contributed by atoms with Crippen molar-refractivity contribution in [3.8, 4) is 0 Å². The van der Waals surface area contributed by atoms with Crippen LogP contribution in [-0.4, -0.2) is 58.8 Å². The van der Waals surface area contributed by atoms with E-state index in [1.54, 1.807) is 18.0 Å². The third-order valence-electron chi connectivity index (χ3n) is 5.39. The topological polar surface area (TPSA) is 84.6 Å². The molecule has 0 atom stereocenters. The van der Waals surface area contributed by atoms with Gasteiger partial charge in [0.15, 0.2) is 0 Å². The molecule has 30 heavy (non-hydrogen) atoms. The molecular formula is C20H21ClN4O4S. The number of hydrogen-bond donors (Lipinski definition) is 0. The third-order valence-corrected chi connectivity index (χ3v) is 7.55. The van der Waals surface area contributed by atoms with Gasteiger partial charge < -0.3 is 4.90 Å². The molecule has 1 fully saturated rings. The third kappa shape index (κ3) is 3.64. The van der Waals surface area contributed by atoms with E-state index in [9.17, 15) is 18.0 Å². The average Bonchev–Trinajstić information content (AvgIpc) is 2.99. The summed E-state index contributed by atoms with van der Waals surface area (Å²) in [6.07, 6.45) is 0. The second kappa shape index (κ2) is 7.90. The Bertz CT molecular complexity index is 1260. The highest BCUT2D eigenvalue weighted by Crippen LogP contribution is 2.20. The summed E-state index contributed by atoms with van der Waals surface area (Å²) < 4.78 is 29.9. The summed E-state index contributed by atoms with van der Waals surface area (Å²) in [6, 6.07) is 13.3. The van der Waals surface area contributed by atoms with Crippen LogP contribution in [0.25, 0.3) is 11.0 Å². The molecule has 1 amide bonds. The van der Waals surface area contributed by atoms with Gasteiger partial charge in [-0.2, -0.15) is 4.31 Å². The Labute approximate surface area is 178 Å². The monoisotopic (exact) mass is 448 g/mol. The molecule has 2 heterocycles. The molecule has 0 spiro atoms. The van der Waals surface area contributed by atoms with Crippen molar-refractivity contribution in [2.75, 3.05) is 26.2 Å². The number of aromatic nitrogens is 2. The summed E-state index contributed by atoms with van der Waals surface area (Å²) in [4.78, 5) is 27.1. The molecule has 0 aliphatic carbocycles. The molecule has 158 valence electrons. The molecule has 0 N–H and O–H groups in total. The number of nitrogens with zero attached hydrogens (tertiary/aromatic N) is 4. The van der Waals surface area contributed by atoms with Gasteiger partial charge in [0.05, 0.1) is 15.9 Å². The number of carbonyl (C=O) groups excluding carboxylic acids is 1. The standard InChI is InChI=1S/C20H21ClN4O4S/c1-22-17-4-2-3-5-18(17)25(20(22)27)14-19(26)23-10-12-24(13-11-23)30(28,29)16-8-6-15(21)7-9-16/h2-9H,10-14H2,1H3. The van der Waals surface area contributed by atoms with E-state index in [1.807, 2.05) is 18.2 Å². The van der Waals surface area contributed by atoms with Crippen LogP contribution in [0.5, 0.6) is 0 Å². The molecule has 0 saturated carbocycles. The number of para-hydroxylation sites is 2. The first-order chi connectivity index (χ1) is 14.3. The lowest BCUT2D eigenvalue weighted by molar-refractivity contribution is -0.133. The fraction of sp³-hybridized carbons (Fsp3) is 0.300. The number of fused-ring (bicyclic) bond motifs is 1. The number of sulfonamides is 1. The Kier molecular flexibility index (Phi) is 5.44. The zero-order chi connectivity index (χ0) is 21.5. The summed E-state index contributed by atoms with van der Waals surface area (Å²) in [7, 11) is -1.97. The first kappa shape index (κ1) is 20.6. The van der Waals surface area contributed by atoms with Crippen LogP contribution in [-0.2, 0) is 28.4 Å². The molecule has 1 saturated heterocycles. The summed E-state index contributed by atoms with van der Waals surface area (Å²) in [5.74, 6) is -0.211. The van der Waals surface area contributed by atoms with Gasteiger partial charge in [0.25, 0.3) is 0 Å². The van der Waals surface area contributed by atoms with Gasteiger partial charge in [0.2, 0.25) is 15.9 Å². The summed E-state index contributed by atoms with van der Waals surface area (Å²) in [5, 5.41) is 0.466. The maximum Gasteiger partial charge on any atom is 0.329 e. The molecule has 10 heteroatoms. The lowest BCUT2D eigenvalue weighted by atomic mass is 10.3. The number of carbonyl (C=O) groups is 1. The van der Waals surface area contributed by atoms with E-state index in [1.165, 1.54) is 37.7 Å². The molecule has 2 aromatic carbocycles. The lowest BCUT2D eigenvalue weighted by Crippen LogP contribution is -2.51. The van der Waals surface area contributed by atoms with E-state index in [4.69, 9.17) is 11.6 Å². The van der Waals surface area contributed by atoms with Gasteiger partial charge in [-0.1, -0.05) is 23.7 Å². The van der Waals surface area contributed by atoms with E-state index in [0.29, 0.717) is 10.5 Å². The van der Waals surface area contributed by atoms with Gasteiger partial charge in [-0.3, -0.25) is 13.9 Å². The van der Waals surface area contributed by atoms with Crippen molar-refractivity contribution in [1.82, 2.24) is 18.3 Å². The smallest absolute Gasteiger partial charge is 0.329 e. The minimum atomic E-state index is -3.64. The van der Waals surface area contributed by atoms with Crippen LogP contribution in [0.1, 0.15) is 0 Å². The van der Waals surface area contributed by atoms with Crippen molar-refractivity contribution in [1.29, 1.82) is 0 Å². The van der Waals surface area contributed by atoms with E-state index >= 15 is 0 Å². The predicted octanol–water partition coefficient (Wildman–Crippen LogP) is 1.53. The Balaban J connectivity index is 1.46. The Morgan fingerprint density at radius 3 is 2.20 bits per heavy atom. The molecule has 0 bridgehead atoms. The van der Waals surface area contributed by atoms with Crippen LogP contribution in [0.3, 0.4) is 0 Å². The van der Waals surface area contributed by atoms with Gasteiger partial charge >= 0.3 is 5.69 Å². The van der Waals surface area contributed by atoms with Crippen molar-refractivity contribution in [2.45, 2.75) is 11.4 Å². The molecule has 1 aliphatic rings. The van der Waals surface area contributed by atoms with Crippen LogP contribution < -0.4 is 5.69 Å². The van der Waals surface area contributed by atoms with Crippen molar-refractivity contribution in [3.05, 3.63) is 64.0 Å². The number of aryl methyl sites for hydroxylation is 1. The number of benzene rings is 2. The summed E-state index contributed by atoms with van der Waals surface area (Å²) in [6.45, 7) is 0.850. The number of rotatable bonds is 4. The zero-order valence-corrected chi connectivity index (χ0v) is 17.9. The fourth-order valence-corrected chi connectivity index (χ4v) is 5.23. The molecular weight excluding hydrogens is 428 g/mol. The van der Waals surface area contributed by atoms with Crippen molar-refractivity contribution in [2.24, 2.45) is 7.05 Å². The number of hydrogen-bond acceptors (Lipinski definition) is 4. The van der Waals surface area contributed by atoms with Gasteiger partial charge in [-0.25, -0.2) is 13.2 Å². The quantitative estimate of drug-likeness (QED) is 0.605. The molecule has 8 nitrogen and oxygen atoms in total. The number of amides is 1. The maximum absolute atomic E-state index is 12.8. The largest absolute Gasteiger partial charge is 0.338 e. The summed E-state index contributed by atoms with van der Waals surface area (Å²) >= 11 is 5.84. The van der Waals surface area contributed by atoms with Crippen LogP contribution in [0.15, 0.2) is 58.2 Å². The van der Waals surface area contributed by atoms with Crippen LogP contribution >= 0.6 is 11.6 Å². The molecule has 1 aromatic heterocycles. The van der Waals surface area contributed by atoms with Crippen molar-refractivity contribution < 1.29 is 13.2 Å². The second-order valence-electron chi connectivity index (χ2n) is 7.16. The van der Waals surface area contributed by atoms with E-state index in [-0.39, 0.29) is 49.2 Å². The van der Waals surface area contributed by atoms with Gasteiger partial charge in [0.1, 0.15) is 6.54 Å². The fourth-order valence-electron chi connectivity index (χ4n) is 3.68. The maximum atomic E-state index is 12.8. The number of halogens is 1. The molecule has 1 aliphatic heterocycles. The first-order valence-electron chi connectivity index (χ1n) is 9.47. The average molecular weight is 449 g/mol. The molecule has 0 unspecified atom stereocenters. The number of imidazole rings is 1. The van der Waals surface area contributed by atoms with Crippen LogP contribution in [0, 0.1) is 0 Å². The summed E-state index contributed by atoms with van der Waals surface area (Å²) in [5.41, 5.74) is 1.20. The van der Waals surface area contributed by atoms with Gasteiger partial charge in [0, 0.05) is 38.2 Å². The minimum Gasteiger partial charge on any atom is -0.338 e. The highest BCUT2D eigenvalue weighted by molar-refractivity contribution is 7.89. The van der Waals surface area contributed by atoms with E-state index < -0.39 is 10.0 Å². The van der Waals surface area contributed by atoms with Gasteiger partial charge in [-0.15, -0.1) is 0 Å². The highest BCUT2D eigenvalue weighted by Gasteiger charge is 2.30. The molecule has 0 radical (unpaired) electrons. The highest BCUT2D eigenvalue weighted by atomic mass is 35.5. The lowest BCUT2D eigenvalue weighted by Gasteiger charge is -2.34. The SMILES string of the molecule is Cn1c(=O)n(CC(=O)N2CCN(S(=O)(=O)c3ccc(Cl)cc3)CC2)c2ccccc21. The first-order valence-corrected chi connectivity index (χ1v) is 11.3. The van der Waals surface area contributed by atoms with Crippen LogP contribution in [0.2, 0.25) is 5.02 Å². The zero-order valence-electron chi connectivity index (χ0n) is 16.4. The Morgan fingerprint density at radius 1 is 0.967 bits per heavy atom. The number of piperazine rings is 1.